The number of fused-ring (bicyclic) bond motifs is 3. The van der Waals surface area contributed by atoms with Crippen LogP contribution >= 0.6 is 0 Å². The van der Waals surface area contributed by atoms with Gasteiger partial charge in [0, 0.05) is 24.7 Å². The van der Waals surface area contributed by atoms with Gasteiger partial charge < -0.3 is 4.90 Å². The Morgan fingerprint density at radius 1 is 1.14 bits per heavy atom. The summed E-state index contributed by atoms with van der Waals surface area (Å²) in [6, 6.07) is 9.73. The van der Waals surface area contributed by atoms with E-state index >= 15 is 0 Å². The average Bonchev–Trinajstić information content (AvgIpc) is 2.55. The summed E-state index contributed by atoms with van der Waals surface area (Å²) in [4.78, 5) is 2.50. The molecule has 0 amide bonds. The van der Waals surface area contributed by atoms with Crippen molar-refractivity contribution in [1.29, 1.82) is 0 Å². The number of para-hydroxylation sites is 1. The van der Waals surface area contributed by atoms with Crippen LogP contribution in [0.3, 0.4) is 0 Å². The van der Waals surface area contributed by atoms with Crippen LogP contribution < -0.4 is 4.90 Å². The zero-order chi connectivity index (χ0) is 9.54. The Kier molecular flexibility index (Phi) is 1.79. The number of hydrogen-bond acceptors (Lipinski definition) is 1. The molecule has 1 aliphatic heterocycles. The smallest absolute Gasteiger partial charge is 0.0402 e. The summed E-state index contributed by atoms with van der Waals surface area (Å²) in [7, 11) is 2.26. The van der Waals surface area contributed by atoms with Crippen molar-refractivity contribution in [1.82, 2.24) is 0 Å². The van der Waals surface area contributed by atoms with Gasteiger partial charge in [-0.25, -0.2) is 0 Å². The maximum Gasteiger partial charge on any atom is 0.0402 e. The van der Waals surface area contributed by atoms with Crippen LogP contribution in [0.2, 0.25) is 0 Å². The average molecular weight is 187 g/mol. The number of likely N-dealkylation sites (N-methyl/N-ethyl adjacent to an activating group) is 1. The Bertz CT molecular complexity index is 345. The lowest BCUT2D eigenvalue weighted by Gasteiger charge is -2.30. The molecular weight excluding hydrogens is 170 g/mol. The van der Waals surface area contributed by atoms with Gasteiger partial charge in [0.15, 0.2) is 0 Å². The molecule has 14 heavy (non-hydrogen) atoms. The van der Waals surface area contributed by atoms with E-state index in [1.165, 1.54) is 31.4 Å². The summed E-state index contributed by atoms with van der Waals surface area (Å²) in [5.41, 5.74) is 3.07. The lowest BCUT2D eigenvalue weighted by atomic mass is 9.82. The van der Waals surface area contributed by atoms with Crippen molar-refractivity contribution in [3.63, 3.8) is 0 Å². The van der Waals surface area contributed by atoms with Crippen LogP contribution in [0.4, 0.5) is 5.69 Å². The minimum atomic E-state index is 0.793. The van der Waals surface area contributed by atoms with Crippen molar-refractivity contribution in [3.05, 3.63) is 29.8 Å². The van der Waals surface area contributed by atoms with E-state index < -0.39 is 0 Å². The molecule has 0 N–H and O–H groups in total. The standard InChI is InChI=1S/C13H17N/c1-14-12-8-4-2-6-10(12)11-7-3-5-9-13(11)14/h2,4,6,8,11,13H,3,5,7,9H2,1H3. The first-order chi connectivity index (χ1) is 6.88. The third-order valence-corrected chi connectivity index (χ3v) is 3.94. The fraction of sp³-hybridized carbons (Fsp3) is 0.538. The number of anilines is 1. The van der Waals surface area contributed by atoms with Crippen LogP contribution in [0.1, 0.15) is 37.2 Å². The van der Waals surface area contributed by atoms with E-state index in [-0.39, 0.29) is 0 Å². The summed E-state index contributed by atoms with van der Waals surface area (Å²) in [5, 5.41) is 0. The van der Waals surface area contributed by atoms with Gasteiger partial charge in [0.05, 0.1) is 0 Å². The van der Waals surface area contributed by atoms with Gasteiger partial charge in [0.1, 0.15) is 0 Å². The fourth-order valence-corrected chi connectivity index (χ4v) is 3.24. The van der Waals surface area contributed by atoms with Crippen molar-refractivity contribution in [2.24, 2.45) is 0 Å². The molecule has 0 bridgehead atoms. The maximum absolute atomic E-state index is 2.50. The molecule has 1 heterocycles. The number of rotatable bonds is 0. The van der Waals surface area contributed by atoms with E-state index in [0.717, 1.165) is 12.0 Å². The Morgan fingerprint density at radius 3 is 2.86 bits per heavy atom. The Balaban J connectivity index is 2.06. The largest absolute Gasteiger partial charge is 0.371 e. The van der Waals surface area contributed by atoms with Crippen molar-refractivity contribution in [2.45, 2.75) is 37.6 Å². The minimum Gasteiger partial charge on any atom is -0.371 e. The van der Waals surface area contributed by atoms with Crippen molar-refractivity contribution >= 4 is 5.69 Å². The molecule has 1 aromatic carbocycles. The highest BCUT2D eigenvalue weighted by Gasteiger charge is 2.37. The van der Waals surface area contributed by atoms with Crippen LogP contribution in [0.5, 0.6) is 0 Å². The zero-order valence-electron chi connectivity index (χ0n) is 8.74. The van der Waals surface area contributed by atoms with E-state index in [0.29, 0.717) is 0 Å². The van der Waals surface area contributed by atoms with Crippen molar-refractivity contribution in [2.75, 3.05) is 11.9 Å². The molecule has 2 aliphatic rings. The Labute approximate surface area is 85.7 Å². The Morgan fingerprint density at radius 2 is 1.93 bits per heavy atom. The molecule has 1 saturated carbocycles. The van der Waals surface area contributed by atoms with Gasteiger partial charge in [0.25, 0.3) is 0 Å². The summed E-state index contributed by atoms with van der Waals surface area (Å²) in [6.45, 7) is 0. The van der Waals surface area contributed by atoms with E-state index in [2.05, 4.69) is 36.2 Å². The number of hydrogen-bond donors (Lipinski definition) is 0. The van der Waals surface area contributed by atoms with Crippen LogP contribution in [0.15, 0.2) is 24.3 Å². The second kappa shape index (κ2) is 3.01. The summed E-state index contributed by atoms with van der Waals surface area (Å²) >= 11 is 0. The molecule has 1 aromatic rings. The second-order valence-electron chi connectivity index (χ2n) is 4.63. The topological polar surface area (TPSA) is 3.24 Å². The molecule has 1 fully saturated rings. The maximum atomic E-state index is 2.50. The molecule has 2 atom stereocenters. The van der Waals surface area contributed by atoms with Crippen LogP contribution in [0, 0.1) is 0 Å². The molecule has 1 nitrogen and oxygen atoms in total. The predicted octanol–water partition coefficient (Wildman–Crippen LogP) is 3.16. The fourth-order valence-electron chi connectivity index (χ4n) is 3.24. The lowest BCUT2D eigenvalue weighted by molar-refractivity contribution is 0.396. The first-order valence-corrected chi connectivity index (χ1v) is 5.69. The molecule has 2 unspecified atom stereocenters. The minimum absolute atomic E-state index is 0.793. The van der Waals surface area contributed by atoms with Gasteiger partial charge in [-0.05, 0) is 24.5 Å². The number of nitrogens with zero attached hydrogens (tertiary/aromatic N) is 1. The van der Waals surface area contributed by atoms with E-state index in [1.807, 2.05) is 0 Å². The highest BCUT2D eigenvalue weighted by molar-refractivity contribution is 5.61. The van der Waals surface area contributed by atoms with Crippen LogP contribution in [-0.2, 0) is 0 Å². The van der Waals surface area contributed by atoms with Crippen molar-refractivity contribution in [3.8, 4) is 0 Å². The zero-order valence-corrected chi connectivity index (χ0v) is 8.74. The van der Waals surface area contributed by atoms with Gasteiger partial charge in [-0.1, -0.05) is 31.0 Å². The molecule has 0 saturated heterocycles. The molecule has 0 aromatic heterocycles. The molecular formula is C13H17N. The van der Waals surface area contributed by atoms with E-state index in [1.54, 1.807) is 5.56 Å². The normalized spacial score (nSPS) is 29.9. The van der Waals surface area contributed by atoms with Gasteiger partial charge in [-0.2, -0.15) is 0 Å². The predicted molar refractivity (Wildman–Crippen MR) is 59.8 cm³/mol. The van der Waals surface area contributed by atoms with Crippen LogP contribution in [-0.4, -0.2) is 13.1 Å². The van der Waals surface area contributed by atoms with Gasteiger partial charge in [-0.3, -0.25) is 0 Å². The third kappa shape index (κ3) is 1.01. The third-order valence-electron chi connectivity index (χ3n) is 3.94. The number of benzene rings is 1. The molecule has 1 aliphatic carbocycles. The summed E-state index contributed by atoms with van der Waals surface area (Å²) < 4.78 is 0. The molecule has 1 heteroatoms. The molecule has 0 radical (unpaired) electrons. The van der Waals surface area contributed by atoms with E-state index in [4.69, 9.17) is 0 Å². The van der Waals surface area contributed by atoms with Gasteiger partial charge >= 0.3 is 0 Å². The molecule has 0 spiro atoms. The lowest BCUT2D eigenvalue weighted by Crippen LogP contribution is -2.32. The van der Waals surface area contributed by atoms with E-state index in [9.17, 15) is 0 Å². The molecule has 74 valence electrons. The van der Waals surface area contributed by atoms with Crippen molar-refractivity contribution < 1.29 is 0 Å². The Hall–Kier alpha value is -0.980. The summed E-state index contributed by atoms with van der Waals surface area (Å²) in [5.74, 6) is 0.824. The second-order valence-corrected chi connectivity index (χ2v) is 4.63. The first-order valence-electron chi connectivity index (χ1n) is 5.69. The van der Waals surface area contributed by atoms with Crippen LogP contribution in [0.25, 0.3) is 0 Å². The quantitative estimate of drug-likeness (QED) is 0.603. The van der Waals surface area contributed by atoms with Gasteiger partial charge in [0.2, 0.25) is 0 Å². The monoisotopic (exact) mass is 187 g/mol. The summed E-state index contributed by atoms with van der Waals surface area (Å²) in [6.07, 6.45) is 5.62. The SMILES string of the molecule is CN1c2ccccc2C2CCCCC21. The molecule has 3 rings (SSSR count). The highest BCUT2D eigenvalue weighted by Crippen LogP contribution is 2.46. The first kappa shape index (κ1) is 8.34. The van der Waals surface area contributed by atoms with Gasteiger partial charge in [-0.15, -0.1) is 0 Å². The highest BCUT2D eigenvalue weighted by atomic mass is 15.2.